The van der Waals surface area contributed by atoms with Crippen LogP contribution in [0.3, 0.4) is 0 Å². The summed E-state index contributed by atoms with van der Waals surface area (Å²) in [5.74, 6) is 0. The van der Waals surface area contributed by atoms with Crippen molar-refractivity contribution in [2.75, 3.05) is 0 Å². The first kappa shape index (κ1) is 6.66. The van der Waals surface area contributed by atoms with Crippen LogP contribution in [-0.2, 0) is 0 Å². The number of rotatable bonds is 0. The predicted molar refractivity (Wildman–Crippen MR) is 48.3 cm³/mol. The lowest BCUT2D eigenvalue weighted by molar-refractivity contribution is 0.967. The highest BCUT2D eigenvalue weighted by Gasteiger charge is 2.05. The standard InChI is InChI=1S/C11H12/c1-2-6-10-8-4-5-9-11(10)7-3-1/h1-2,5-7,9H,3-4,8H2. The lowest BCUT2D eigenvalue weighted by atomic mass is 9.95. The molecule has 0 aromatic carbocycles. The Labute approximate surface area is 67.6 Å². The molecular weight excluding hydrogens is 132 g/mol. The van der Waals surface area contributed by atoms with E-state index in [1.165, 1.54) is 24.0 Å². The molecule has 0 heterocycles. The van der Waals surface area contributed by atoms with E-state index >= 15 is 0 Å². The van der Waals surface area contributed by atoms with Crippen LogP contribution in [0.2, 0.25) is 0 Å². The van der Waals surface area contributed by atoms with Crippen LogP contribution in [0.15, 0.2) is 47.6 Å². The quantitative estimate of drug-likeness (QED) is 0.490. The van der Waals surface area contributed by atoms with Gasteiger partial charge in [-0.05, 0) is 30.4 Å². The second-order valence-electron chi connectivity index (χ2n) is 2.96. The molecule has 0 heteroatoms. The molecule has 0 spiro atoms. The van der Waals surface area contributed by atoms with Gasteiger partial charge in [-0.1, -0.05) is 36.5 Å². The maximum absolute atomic E-state index is 2.30. The molecule has 0 atom stereocenters. The van der Waals surface area contributed by atoms with E-state index in [9.17, 15) is 0 Å². The maximum atomic E-state index is 2.30. The number of fused-ring (bicyclic) bond motifs is 1. The average molecular weight is 144 g/mol. The van der Waals surface area contributed by atoms with Gasteiger partial charge in [0.2, 0.25) is 0 Å². The molecule has 0 bridgehead atoms. The summed E-state index contributed by atoms with van der Waals surface area (Å²) in [5, 5.41) is 0. The molecule has 11 heavy (non-hydrogen) atoms. The van der Waals surface area contributed by atoms with Crippen molar-refractivity contribution in [1.29, 1.82) is 0 Å². The molecule has 0 amide bonds. The fourth-order valence-electron chi connectivity index (χ4n) is 1.54. The molecule has 0 saturated carbocycles. The molecule has 0 unspecified atom stereocenters. The molecule has 0 radical (unpaired) electrons. The summed E-state index contributed by atoms with van der Waals surface area (Å²) in [6.45, 7) is 0. The van der Waals surface area contributed by atoms with Crippen LogP contribution in [0.4, 0.5) is 0 Å². The molecule has 0 saturated heterocycles. The van der Waals surface area contributed by atoms with Gasteiger partial charge in [0.1, 0.15) is 0 Å². The lowest BCUT2D eigenvalue weighted by Gasteiger charge is -2.10. The Morgan fingerprint density at radius 3 is 3.18 bits per heavy atom. The summed E-state index contributed by atoms with van der Waals surface area (Å²) in [5.41, 5.74) is 2.93. The van der Waals surface area contributed by atoms with Gasteiger partial charge < -0.3 is 0 Å². The molecule has 0 N–H and O–H groups in total. The van der Waals surface area contributed by atoms with Crippen molar-refractivity contribution in [2.24, 2.45) is 0 Å². The molecular formula is C11H12. The Balaban J connectivity index is 2.37. The summed E-state index contributed by atoms with van der Waals surface area (Å²) in [4.78, 5) is 0. The van der Waals surface area contributed by atoms with Gasteiger partial charge in [0.25, 0.3) is 0 Å². The first-order valence-electron chi connectivity index (χ1n) is 4.19. The Morgan fingerprint density at radius 2 is 2.18 bits per heavy atom. The number of allylic oxidation sites excluding steroid dienone is 8. The fourth-order valence-corrected chi connectivity index (χ4v) is 1.54. The molecule has 0 fully saturated rings. The normalized spacial score (nSPS) is 21.8. The van der Waals surface area contributed by atoms with Crippen LogP contribution in [0.1, 0.15) is 19.3 Å². The van der Waals surface area contributed by atoms with Gasteiger partial charge >= 0.3 is 0 Å². The topological polar surface area (TPSA) is 0 Å². The average Bonchev–Trinajstić information content (AvgIpc) is 2.28. The van der Waals surface area contributed by atoms with E-state index in [4.69, 9.17) is 0 Å². The molecule has 56 valence electrons. The molecule has 0 nitrogen and oxygen atoms in total. The number of hydrogen-bond acceptors (Lipinski definition) is 0. The van der Waals surface area contributed by atoms with E-state index in [-0.39, 0.29) is 0 Å². The number of hydrogen-bond donors (Lipinski definition) is 0. The van der Waals surface area contributed by atoms with E-state index in [0.717, 1.165) is 6.42 Å². The highest BCUT2D eigenvalue weighted by Crippen LogP contribution is 2.24. The van der Waals surface area contributed by atoms with E-state index in [1.54, 1.807) is 0 Å². The van der Waals surface area contributed by atoms with Crippen molar-refractivity contribution in [3.8, 4) is 0 Å². The van der Waals surface area contributed by atoms with E-state index in [0.29, 0.717) is 0 Å². The fraction of sp³-hybridized carbons (Fsp3) is 0.273. The Hall–Kier alpha value is -1.04. The predicted octanol–water partition coefficient (Wildman–Crippen LogP) is 3.15. The Kier molecular flexibility index (Phi) is 1.76. The van der Waals surface area contributed by atoms with Crippen molar-refractivity contribution in [3.63, 3.8) is 0 Å². The first-order chi connectivity index (χ1) is 5.47. The Bertz CT molecular complexity index is 262. The van der Waals surface area contributed by atoms with Crippen molar-refractivity contribution < 1.29 is 0 Å². The summed E-state index contributed by atoms with van der Waals surface area (Å²) in [7, 11) is 0. The second kappa shape index (κ2) is 2.91. The smallest absolute Gasteiger partial charge is 0.0157 e. The third-order valence-corrected chi connectivity index (χ3v) is 2.16. The van der Waals surface area contributed by atoms with Crippen molar-refractivity contribution in [2.45, 2.75) is 19.3 Å². The van der Waals surface area contributed by atoms with Gasteiger partial charge in [-0.3, -0.25) is 0 Å². The molecule has 2 rings (SSSR count). The minimum atomic E-state index is 1.08. The summed E-state index contributed by atoms with van der Waals surface area (Å²) in [6, 6.07) is 0. The van der Waals surface area contributed by atoms with Crippen molar-refractivity contribution in [3.05, 3.63) is 47.6 Å². The van der Waals surface area contributed by atoms with E-state index < -0.39 is 0 Å². The zero-order valence-corrected chi connectivity index (χ0v) is 6.59. The molecule has 2 aliphatic carbocycles. The third-order valence-electron chi connectivity index (χ3n) is 2.16. The van der Waals surface area contributed by atoms with Gasteiger partial charge in [-0.15, -0.1) is 0 Å². The van der Waals surface area contributed by atoms with E-state index in [1.807, 2.05) is 0 Å². The minimum Gasteiger partial charge on any atom is -0.0836 e. The second-order valence-corrected chi connectivity index (χ2v) is 2.96. The van der Waals surface area contributed by atoms with Crippen LogP contribution < -0.4 is 0 Å². The summed E-state index contributed by atoms with van der Waals surface area (Å²) >= 11 is 0. The highest BCUT2D eigenvalue weighted by molar-refractivity contribution is 5.45. The SMILES string of the molecule is C1=CCC=C2C=CCCC2=C1. The maximum Gasteiger partial charge on any atom is -0.0157 e. The Morgan fingerprint density at radius 1 is 1.18 bits per heavy atom. The highest BCUT2D eigenvalue weighted by atomic mass is 14.1. The summed E-state index contributed by atoms with van der Waals surface area (Å²) < 4.78 is 0. The van der Waals surface area contributed by atoms with Crippen LogP contribution in [-0.4, -0.2) is 0 Å². The minimum absolute atomic E-state index is 1.08. The van der Waals surface area contributed by atoms with Gasteiger partial charge in [-0.2, -0.15) is 0 Å². The van der Waals surface area contributed by atoms with Crippen molar-refractivity contribution in [1.82, 2.24) is 0 Å². The van der Waals surface area contributed by atoms with Crippen LogP contribution in [0.25, 0.3) is 0 Å². The zero-order valence-electron chi connectivity index (χ0n) is 6.59. The van der Waals surface area contributed by atoms with Crippen molar-refractivity contribution >= 4 is 0 Å². The summed E-state index contributed by atoms with van der Waals surface area (Å²) in [6.07, 6.45) is 16.9. The largest absolute Gasteiger partial charge is 0.0836 e. The lowest BCUT2D eigenvalue weighted by Crippen LogP contribution is -1.91. The monoisotopic (exact) mass is 144 g/mol. The van der Waals surface area contributed by atoms with Gasteiger partial charge in [0, 0.05) is 0 Å². The first-order valence-corrected chi connectivity index (χ1v) is 4.19. The van der Waals surface area contributed by atoms with Gasteiger partial charge in [0.05, 0.1) is 0 Å². The molecule has 2 aliphatic rings. The third kappa shape index (κ3) is 1.35. The molecule has 0 aromatic rings. The molecule has 0 aliphatic heterocycles. The van der Waals surface area contributed by atoms with E-state index in [2.05, 4.69) is 36.5 Å². The van der Waals surface area contributed by atoms with Gasteiger partial charge in [-0.25, -0.2) is 0 Å². The van der Waals surface area contributed by atoms with Gasteiger partial charge in [0.15, 0.2) is 0 Å². The van der Waals surface area contributed by atoms with Crippen LogP contribution in [0.5, 0.6) is 0 Å². The van der Waals surface area contributed by atoms with Crippen LogP contribution in [0, 0.1) is 0 Å². The molecule has 0 aromatic heterocycles. The zero-order chi connectivity index (χ0) is 7.52. The van der Waals surface area contributed by atoms with Crippen LogP contribution >= 0.6 is 0 Å².